The molecule has 2 unspecified atom stereocenters. The SMILES string of the molecule is CC(O)(Cc1c([N+](=O)[O-])cnc2ccccc12)CC(Nc1c(N)cnc2ccccc12)C(C)(C)O. The predicted molar refractivity (Wildman–Crippen MR) is 137 cm³/mol. The molecule has 4 aromatic rings. The van der Waals surface area contributed by atoms with Crippen molar-refractivity contribution in [1.29, 1.82) is 0 Å². The van der Waals surface area contributed by atoms with Crippen molar-refractivity contribution in [3.8, 4) is 0 Å². The van der Waals surface area contributed by atoms with Gasteiger partial charge in [0.25, 0.3) is 5.69 Å². The Morgan fingerprint density at radius 2 is 1.57 bits per heavy atom. The van der Waals surface area contributed by atoms with E-state index in [2.05, 4.69) is 15.3 Å². The maximum Gasteiger partial charge on any atom is 0.291 e. The number of anilines is 2. The number of nitrogens with zero attached hydrogens (tertiary/aromatic N) is 3. The molecule has 0 fully saturated rings. The first kappa shape index (κ1) is 24.3. The van der Waals surface area contributed by atoms with Gasteiger partial charge in [0.15, 0.2) is 0 Å². The summed E-state index contributed by atoms with van der Waals surface area (Å²) in [6, 6.07) is 14.0. The first-order valence-corrected chi connectivity index (χ1v) is 11.3. The van der Waals surface area contributed by atoms with E-state index in [1.165, 1.54) is 6.20 Å². The summed E-state index contributed by atoms with van der Waals surface area (Å²) in [5.74, 6) is 0. The van der Waals surface area contributed by atoms with Crippen LogP contribution in [-0.2, 0) is 6.42 Å². The molecule has 0 aliphatic heterocycles. The number of hydrogen-bond donors (Lipinski definition) is 4. The van der Waals surface area contributed by atoms with Crippen LogP contribution in [0.5, 0.6) is 0 Å². The van der Waals surface area contributed by atoms with Gasteiger partial charge in [0.05, 0.1) is 50.8 Å². The summed E-state index contributed by atoms with van der Waals surface area (Å²) in [5.41, 5.74) is 6.18. The summed E-state index contributed by atoms with van der Waals surface area (Å²) in [6.07, 6.45) is 2.85. The number of para-hydroxylation sites is 2. The highest BCUT2D eigenvalue weighted by atomic mass is 16.6. The van der Waals surface area contributed by atoms with Crippen LogP contribution in [0, 0.1) is 10.1 Å². The van der Waals surface area contributed by atoms with Gasteiger partial charge >= 0.3 is 0 Å². The molecule has 2 aromatic heterocycles. The Hall–Kier alpha value is -3.82. The number of pyridine rings is 2. The van der Waals surface area contributed by atoms with E-state index in [1.807, 2.05) is 24.3 Å². The lowest BCUT2D eigenvalue weighted by molar-refractivity contribution is -0.385. The second kappa shape index (κ2) is 9.09. The maximum atomic E-state index is 11.7. The highest BCUT2D eigenvalue weighted by Crippen LogP contribution is 2.35. The van der Waals surface area contributed by atoms with Gasteiger partial charge in [0.1, 0.15) is 6.20 Å². The minimum atomic E-state index is -1.41. The zero-order chi connectivity index (χ0) is 25.4. The minimum Gasteiger partial charge on any atom is -0.396 e. The van der Waals surface area contributed by atoms with Crippen LogP contribution in [0.2, 0.25) is 0 Å². The lowest BCUT2D eigenvalue weighted by atomic mass is 9.83. The number of aliphatic hydroxyl groups is 2. The molecular weight excluding hydrogens is 446 g/mol. The topological polar surface area (TPSA) is 147 Å². The van der Waals surface area contributed by atoms with Crippen molar-refractivity contribution in [2.75, 3.05) is 11.1 Å². The largest absolute Gasteiger partial charge is 0.396 e. The number of fused-ring (bicyclic) bond motifs is 2. The number of nitrogens with two attached hydrogens (primary N) is 1. The Bertz CT molecular complexity index is 1400. The molecule has 35 heavy (non-hydrogen) atoms. The molecule has 0 bridgehead atoms. The van der Waals surface area contributed by atoms with Gasteiger partial charge in [0.2, 0.25) is 0 Å². The molecule has 2 heterocycles. The molecule has 0 amide bonds. The van der Waals surface area contributed by atoms with Crippen molar-refractivity contribution in [2.45, 2.75) is 50.9 Å². The Labute approximate surface area is 202 Å². The van der Waals surface area contributed by atoms with Gasteiger partial charge < -0.3 is 21.3 Å². The highest BCUT2D eigenvalue weighted by molar-refractivity contribution is 5.97. The van der Waals surface area contributed by atoms with E-state index in [1.54, 1.807) is 51.2 Å². The van der Waals surface area contributed by atoms with Crippen LogP contribution in [0.25, 0.3) is 21.8 Å². The molecule has 2 aromatic carbocycles. The second-order valence-electron chi connectivity index (χ2n) is 9.73. The van der Waals surface area contributed by atoms with Crippen molar-refractivity contribution < 1.29 is 15.1 Å². The molecular formula is C26H29N5O4. The Balaban J connectivity index is 1.70. The van der Waals surface area contributed by atoms with E-state index in [0.717, 1.165) is 10.9 Å². The van der Waals surface area contributed by atoms with Crippen molar-refractivity contribution in [2.24, 2.45) is 0 Å². The van der Waals surface area contributed by atoms with Crippen molar-refractivity contribution in [1.82, 2.24) is 9.97 Å². The van der Waals surface area contributed by atoms with E-state index in [4.69, 9.17) is 5.73 Å². The molecule has 9 heteroatoms. The van der Waals surface area contributed by atoms with Gasteiger partial charge in [0, 0.05) is 22.8 Å². The summed E-state index contributed by atoms with van der Waals surface area (Å²) >= 11 is 0. The molecule has 0 saturated carbocycles. The normalized spacial score (nSPS) is 14.5. The van der Waals surface area contributed by atoms with Gasteiger partial charge in [-0.25, -0.2) is 4.98 Å². The molecule has 5 N–H and O–H groups in total. The summed E-state index contributed by atoms with van der Waals surface area (Å²) in [7, 11) is 0. The van der Waals surface area contributed by atoms with Crippen LogP contribution in [0.15, 0.2) is 60.9 Å². The fourth-order valence-electron chi connectivity index (χ4n) is 4.39. The fraction of sp³-hybridized carbons (Fsp3) is 0.308. The average Bonchev–Trinajstić information content (AvgIpc) is 2.79. The van der Waals surface area contributed by atoms with Crippen molar-refractivity contribution in [3.05, 3.63) is 76.6 Å². The van der Waals surface area contributed by atoms with E-state index < -0.39 is 22.2 Å². The van der Waals surface area contributed by atoms with Crippen LogP contribution >= 0.6 is 0 Å². The number of rotatable bonds is 8. The van der Waals surface area contributed by atoms with Crippen LogP contribution in [0.1, 0.15) is 32.8 Å². The number of benzene rings is 2. The second-order valence-corrected chi connectivity index (χ2v) is 9.73. The molecule has 0 aliphatic rings. The average molecular weight is 476 g/mol. The standard InChI is InChI=1S/C26H29N5O4/c1-25(2,32)23(30-24-17-9-5-7-11-21(17)28-14-19(24)27)13-26(3,33)12-18-16-8-4-6-10-20(16)29-15-22(18)31(34)35/h4-11,14-15,23,32-33H,12-13,27H2,1-3H3,(H,28,30). The lowest BCUT2D eigenvalue weighted by Gasteiger charge is -2.37. The zero-order valence-electron chi connectivity index (χ0n) is 19.9. The van der Waals surface area contributed by atoms with Gasteiger partial charge in [-0.2, -0.15) is 0 Å². The molecule has 4 rings (SSSR count). The third-order valence-electron chi connectivity index (χ3n) is 6.24. The first-order valence-electron chi connectivity index (χ1n) is 11.3. The van der Waals surface area contributed by atoms with Crippen LogP contribution in [0.4, 0.5) is 17.1 Å². The molecule has 0 saturated heterocycles. The minimum absolute atomic E-state index is 0.00676. The highest BCUT2D eigenvalue weighted by Gasteiger charge is 2.36. The molecule has 9 nitrogen and oxygen atoms in total. The Morgan fingerprint density at radius 3 is 2.20 bits per heavy atom. The van der Waals surface area contributed by atoms with Crippen LogP contribution in [-0.4, -0.2) is 42.3 Å². The Kier molecular flexibility index (Phi) is 6.31. The van der Waals surface area contributed by atoms with E-state index in [9.17, 15) is 20.3 Å². The Morgan fingerprint density at radius 1 is 1.00 bits per heavy atom. The van der Waals surface area contributed by atoms with Crippen molar-refractivity contribution >= 4 is 38.9 Å². The zero-order valence-corrected chi connectivity index (χ0v) is 19.9. The summed E-state index contributed by atoms with van der Waals surface area (Å²) in [5, 5.41) is 39.0. The smallest absolute Gasteiger partial charge is 0.291 e. The summed E-state index contributed by atoms with van der Waals surface area (Å²) in [6.45, 7) is 4.90. The predicted octanol–water partition coefficient (Wildman–Crippen LogP) is 4.21. The van der Waals surface area contributed by atoms with E-state index in [0.29, 0.717) is 27.8 Å². The number of hydrogen-bond acceptors (Lipinski definition) is 8. The third-order valence-corrected chi connectivity index (χ3v) is 6.24. The van der Waals surface area contributed by atoms with Crippen molar-refractivity contribution in [3.63, 3.8) is 0 Å². The molecule has 182 valence electrons. The van der Waals surface area contributed by atoms with Gasteiger partial charge in [-0.3, -0.25) is 15.1 Å². The van der Waals surface area contributed by atoms with Gasteiger partial charge in [-0.15, -0.1) is 0 Å². The monoisotopic (exact) mass is 475 g/mol. The summed E-state index contributed by atoms with van der Waals surface area (Å²) in [4.78, 5) is 19.8. The van der Waals surface area contributed by atoms with Crippen LogP contribution in [0.3, 0.4) is 0 Å². The molecule has 0 radical (unpaired) electrons. The molecule has 0 spiro atoms. The third kappa shape index (κ3) is 5.16. The van der Waals surface area contributed by atoms with E-state index >= 15 is 0 Å². The van der Waals surface area contributed by atoms with Crippen LogP contribution < -0.4 is 11.1 Å². The quantitative estimate of drug-likeness (QED) is 0.219. The fourth-order valence-corrected chi connectivity index (χ4v) is 4.39. The number of nitro groups is 1. The van der Waals surface area contributed by atoms with Gasteiger partial charge in [-0.1, -0.05) is 36.4 Å². The first-order chi connectivity index (χ1) is 16.5. The van der Waals surface area contributed by atoms with Gasteiger partial charge in [-0.05, 0) is 39.3 Å². The number of aromatic nitrogens is 2. The summed E-state index contributed by atoms with van der Waals surface area (Å²) < 4.78 is 0. The number of nitrogen functional groups attached to an aromatic ring is 1. The van der Waals surface area contributed by atoms with E-state index in [-0.39, 0.29) is 18.5 Å². The number of nitrogens with one attached hydrogen (secondary N) is 1. The molecule has 0 aliphatic carbocycles. The molecule has 2 atom stereocenters. The lowest BCUT2D eigenvalue weighted by Crippen LogP contribution is -2.47. The maximum absolute atomic E-state index is 11.7.